The molecule has 2 rings (SSSR count). The van der Waals surface area contributed by atoms with Crippen molar-refractivity contribution in [1.82, 2.24) is 9.88 Å². The van der Waals surface area contributed by atoms with Crippen LogP contribution in [0.25, 0.3) is 0 Å². The summed E-state index contributed by atoms with van der Waals surface area (Å²) in [7, 11) is 0. The summed E-state index contributed by atoms with van der Waals surface area (Å²) in [6.45, 7) is 6.55. The minimum Gasteiger partial charge on any atom is -0.444 e. The predicted octanol–water partition coefficient (Wildman–Crippen LogP) is 3.47. The van der Waals surface area contributed by atoms with E-state index in [1.807, 2.05) is 20.8 Å². The number of hydrogen-bond acceptors (Lipinski definition) is 3. The van der Waals surface area contributed by atoms with Crippen molar-refractivity contribution in [1.29, 1.82) is 0 Å². The van der Waals surface area contributed by atoms with Crippen molar-refractivity contribution in [3.8, 4) is 0 Å². The Balaban J connectivity index is 1.94. The summed E-state index contributed by atoms with van der Waals surface area (Å²) in [6, 6.07) is 1.19. The number of likely N-dealkylation sites (tertiary alicyclic amines) is 1. The van der Waals surface area contributed by atoms with E-state index in [2.05, 4.69) is 4.98 Å². The lowest BCUT2D eigenvalue weighted by Crippen LogP contribution is -2.41. The van der Waals surface area contributed by atoms with Gasteiger partial charge in [-0.3, -0.25) is 0 Å². The van der Waals surface area contributed by atoms with E-state index >= 15 is 0 Å². The van der Waals surface area contributed by atoms with Gasteiger partial charge in [0.2, 0.25) is 5.95 Å². The van der Waals surface area contributed by atoms with Crippen molar-refractivity contribution in [2.45, 2.75) is 45.1 Å². The van der Waals surface area contributed by atoms with E-state index in [0.717, 1.165) is 0 Å². The van der Waals surface area contributed by atoms with E-state index in [1.165, 1.54) is 12.3 Å². The molecule has 4 nitrogen and oxygen atoms in total. The highest BCUT2D eigenvalue weighted by Crippen LogP contribution is 2.28. The highest BCUT2D eigenvalue weighted by atomic mass is 19.2. The average molecular weight is 298 g/mol. The molecule has 0 bridgehead atoms. The molecule has 1 aromatic heterocycles. The number of nitrogens with zero attached hydrogens (tertiary/aromatic N) is 2. The molecule has 0 unspecified atom stereocenters. The Labute approximate surface area is 123 Å². The number of pyridine rings is 1. The fraction of sp³-hybridized carbons (Fsp3) is 0.600. The standard InChI is InChI=1S/C15H20F2N2O2/c1-15(2,3)21-14(20)19-6-4-10(5-7-19)11-8-12(16)13(17)18-9-11/h8-10H,4-7H2,1-3H3. The monoisotopic (exact) mass is 298 g/mol. The topological polar surface area (TPSA) is 42.4 Å². The van der Waals surface area contributed by atoms with Crippen molar-refractivity contribution in [3.63, 3.8) is 0 Å². The quantitative estimate of drug-likeness (QED) is 0.746. The maximum absolute atomic E-state index is 13.2. The molecule has 116 valence electrons. The molecule has 1 fully saturated rings. The van der Waals surface area contributed by atoms with Crippen molar-refractivity contribution in [2.24, 2.45) is 0 Å². The molecule has 6 heteroatoms. The highest BCUT2D eigenvalue weighted by molar-refractivity contribution is 5.68. The van der Waals surface area contributed by atoms with E-state index in [4.69, 9.17) is 4.74 Å². The first kappa shape index (κ1) is 15.7. The van der Waals surface area contributed by atoms with Crippen LogP contribution < -0.4 is 0 Å². The van der Waals surface area contributed by atoms with Gasteiger partial charge in [0, 0.05) is 19.3 Å². The first-order valence-corrected chi connectivity index (χ1v) is 7.05. The number of ether oxygens (including phenoxy) is 1. The Bertz CT molecular complexity index is 521. The van der Waals surface area contributed by atoms with Crippen molar-refractivity contribution < 1.29 is 18.3 Å². The van der Waals surface area contributed by atoms with E-state index in [-0.39, 0.29) is 12.0 Å². The van der Waals surface area contributed by atoms with Crippen LogP contribution in [0.3, 0.4) is 0 Å². The lowest BCUT2D eigenvalue weighted by molar-refractivity contribution is 0.0204. The van der Waals surface area contributed by atoms with Gasteiger partial charge in [0.1, 0.15) is 5.60 Å². The smallest absolute Gasteiger partial charge is 0.410 e. The second-order valence-corrected chi connectivity index (χ2v) is 6.28. The van der Waals surface area contributed by atoms with E-state index in [0.29, 0.717) is 31.5 Å². The maximum Gasteiger partial charge on any atom is 0.410 e. The number of piperidine rings is 1. The molecule has 0 radical (unpaired) electrons. The summed E-state index contributed by atoms with van der Waals surface area (Å²) in [4.78, 5) is 17.0. The van der Waals surface area contributed by atoms with Gasteiger partial charge in [0.05, 0.1) is 0 Å². The normalized spacial score (nSPS) is 16.9. The van der Waals surface area contributed by atoms with Crippen LogP contribution in [0.1, 0.15) is 45.1 Å². The SMILES string of the molecule is CC(C)(C)OC(=O)N1CCC(c2cnc(F)c(F)c2)CC1. The molecule has 1 amide bonds. The zero-order chi connectivity index (χ0) is 15.6. The molecule has 1 aliphatic rings. The van der Waals surface area contributed by atoms with E-state index in [9.17, 15) is 13.6 Å². The third kappa shape index (κ3) is 4.12. The molecule has 1 aromatic rings. The average Bonchev–Trinajstić information content (AvgIpc) is 2.40. The van der Waals surface area contributed by atoms with Gasteiger partial charge in [0.15, 0.2) is 5.82 Å². The fourth-order valence-corrected chi connectivity index (χ4v) is 2.38. The van der Waals surface area contributed by atoms with Gasteiger partial charge in [-0.25, -0.2) is 14.2 Å². The number of carbonyl (C=O) groups is 1. The van der Waals surface area contributed by atoms with Crippen LogP contribution in [0, 0.1) is 11.8 Å². The third-order valence-corrected chi connectivity index (χ3v) is 3.44. The van der Waals surface area contributed by atoms with Crippen LogP contribution in [0.2, 0.25) is 0 Å². The summed E-state index contributed by atoms with van der Waals surface area (Å²) in [5.41, 5.74) is 0.163. The second kappa shape index (κ2) is 5.95. The molecule has 0 saturated carbocycles. The Morgan fingerprint density at radius 1 is 1.33 bits per heavy atom. The Morgan fingerprint density at radius 2 is 1.95 bits per heavy atom. The molecule has 0 aromatic carbocycles. The van der Waals surface area contributed by atoms with Crippen molar-refractivity contribution in [2.75, 3.05) is 13.1 Å². The number of rotatable bonds is 1. The second-order valence-electron chi connectivity index (χ2n) is 6.28. The first-order valence-electron chi connectivity index (χ1n) is 7.05. The number of amides is 1. The van der Waals surface area contributed by atoms with Gasteiger partial charge in [-0.05, 0) is 51.2 Å². The van der Waals surface area contributed by atoms with Gasteiger partial charge in [-0.2, -0.15) is 4.39 Å². The molecule has 0 spiro atoms. The molecule has 0 N–H and O–H groups in total. The predicted molar refractivity (Wildman–Crippen MR) is 73.9 cm³/mol. The summed E-state index contributed by atoms with van der Waals surface area (Å²) in [5, 5.41) is 0. The Kier molecular flexibility index (Phi) is 4.44. The van der Waals surface area contributed by atoms with Crippen LogP contribution in [-0.2, 0) is 4.74 Å². The minimum atomic E-state index is -1.08. The summed E-state index contributed by atoms with van der Waals surface area (Å²) >= 11 is 0. The molecular formula is C15H20F2N2O2. The van der Waals surface area contributed by atoms with Crippen LogP contribution in [0.5, 0.6) is 0 Å². The van der Waals surface area contributed by atoms with Crippen molar-refractivity contribution in [3.05, 3.63) is 29.6 Å². The molecule has 0 aliphatic carbocycles. The fourth-order valence-electron chi connectivity index (χ4n) is 2.38. The highest BCUT2D eigenvalue weighted by Gasteiger charge is 2.27. The van der Waals surface area contributed by atoms with E-state index < -0.39 is 17.4 Å². The zero-order valence-electron chi connectivity index (χ0n) is 12.5. The lowest BCUT2D eigenvalue weighted by Gasteiger charge is -2.33. The van der Waals surface area contributed by atoms with Crippen LogP contribution >= 0.6 is 0 Å². The Hall–Kier alpha value is -1.72. The largest absolute Gasteiger partial charge is 0.444 e. The summed E-state index contributed by atoms with van der Waals surface area (Å²) in [5.74, 6) is -1.92. The first-order chi connectivity index (χ1) is 9.76. The molecular weight excluding hydrogens is 278 g/mol. The maximum atomic E-state index is 13.2. The van der Waals surface area contributed by atoms with Crippen molar-refractivity contribution >= 4 is 6.09 Å². The Morgan fingerprint density at radius 3 is 2.48 bits per heavy atom. The lowest BCUT2D eigenvalue weighted by atomic mass is 9.90. The summed E-state index contributed by atoms with van der Waals surface area (Å²) in [6.07, 6.45) is 2.41. The number of halogens is 2. The van der Waals surface area contributed by atoms with Gasteiger partial charge in [0.25, 0.3) is 0 Å². The molecule has 0 atom stereocenters. The van der Waals surface area contributed by atoms with Crippen LogP contribution in [0.15, 0.2) is 12.3 Å². The van der Waals surface area contributed by atoms with Gasteiger partial charge in [-0.1, -0.05) is 0 Å². The van der Waals surface area contributed by atoms with Crippen LogP contribution in [-0.4, -0.2) is 34.7 Å². The van der Waals surface area contributed by atoms with E-state index in [1.54, 1.807) is 4.90 Å². The van der Waals surface area contributed by atoms with Gasteiger partial charge >= 0.3 is 6.09 Å². The zero-order valence-corrected chi connectivity index (χ0v) is 12.5. The molecule has 1 saturated heterocycles. The van der Waals surface area contributed by atoms with Gasteiger partial charge in [-0.15, -0.1) is 0 Å². The molecule has 21 heavy (non-hydrogen) atoms. The minimum absolute atomic E-state index is 0.0892. The number of carbonyl (C=O) groups excluding carboxylic acids is 1. The van der Waals surface area contributed by atoms with Gasteiger partial charge < -0.3 is 9.64 Å². The molecule has 1 aliphatic heterocycles. The van der Waals surface area contributed by atoms with Crippen LogP contribution in [0.4, 0.5) is 13.6 Å². The number of aromatic nitrogens is 1. The summed E-state index contributed by atoms with van der Waals surface area (Å²) < 4.78 is 31.4. The number of hydrogen-bond donors (Lipinski definition) is 0. The third-order valence-electron chi connectivity index (χ3n) is 3.44. The molecule has 2 heterocycles.